The van der Waals surface area contributed by atoms with Gasteiger partial charge in [0.1, 0.15) is 0 Å². The van der Waals surface area contributed by atoms with Gasteiger partial charge in [-0.3, -0.25) is 0 Å². The van der Waals surface area contributed by atoms with Crippen LogP contribution in [-0.2, 0) is 9.47 Å². The van der Waals surface area contributed by atoms with Gasteiger partial charge in [0, 0.05) is 33.9 Å². The zero-order valence-electron chi connectivity index (χ0n) is 11.1. The van der Waals surface area contributed by atoms with Crippen molar-refractivity contribution >= 4 is 0 Å². The van der Waals surface area contributed by atoms with Crippen LogP contribution in [-0.4, -0.2) is 40.5 Å². The molecular formula is C13H27NO2. The summed E-state index contributed by atoms with van der Waals surface area (Å²) < 4.78 is 10.2. The Kier molecular flexibility index (Phi) is 6.32. The van der Waals surface area contributed by atoms with Crippen LogP contribution in [0, 0.1) is 11.3 Å². The molecule has 3 heteroatoms. The van der Waals surface area contributed by atoms with Gasteiger partial charge in [0.25, 0.3) is 0 Å². The lowest BCUT2D eigenvalue weighted by Crippen LogP contribution is -2.35. The third kappa shape index (κ3) is 4.81. The number of methoxy groups -OCH3 is 2. The lowest BCUT2D eigenvalue weighted by molar-refractivity contribution is 0.153. The van der Waals surface area contributed by atoms with E-state index >= 15 is 0 Å². The molecular weight excluding hydrogens is 202 g/mol. The molecule has 0 aromatic rings. The first kappa shape index (κ1) is 13.9. The molecule has 1 aliphatic rings. The molecule has 0 saturated heterocycles. The summed E-state index contributed by atoms with van der Waals surface area (Å²) in [5, 5.41) is 3.51. The molecule has 96 valence electrons. The lowest BCUT2D eigenvalue weighted by atomic mass is 9.80. The highest BCUT2D eigenvalue weighted by Crippen LogP contribution is 2.47. The normalized spacial score (nSPS) is 19.7. The standard InChI is InChI=1S/C13H27NO2/c1-13(12-5-6-12,7-4-9-15-2)11-14-8-10-16-3/h12,14H,4-11H2,1-3H3. The van der Waals surface area contributed by atoms with Gasteiger partial charge in [0.2, 0.25) is 0 Å². The zero-order chi connectivity index (χ0) is 11.9. The summed E-state index contributed by atoms with van der Waals surface area (Å²) in [6.45, 7) is 6.19. The third-order valence-corrected chi connectivity index (χ3v) is 3.67. The fourth-order valence-electron chi connectivity index (χ4n) is 2.39. The van der Waals surface area contributed by atoms with Gasteiger partial charge >= 0.3 is 0 Å². The topological polar surface area (TPSA) is 30.5 Å². The molecule has 1 unspecified atom stereocenters. The molecule has 1 N–H and O–H groups in total. The molecule has 3 nitrogen and oxygen atoms in total. The number of nitrogens with one attached hydrogen (secondary N) is 1. The van der Waals surface area contributed by atoms with Gasteiger partial charge in [-0.1, -0.05) is 6.92 Å². The Balaban J connectivity index is 2.21. The van der Waals surface area contributed by atoms with Crippen LogP contribution in [0.15, 0.2) is 0 Å². The SMILES string of the molecule is COCCCC(C)(CNCCOC)C1CC1. The molecule has 0 aromatic carbocycles. The predicted octanol–water partition coefficient (Wildman–Crippen LogP) is 2.07. The fourth-order valence-corrected chi connectivity index (χ4v) is 2.39. The summed E-state index contributed by atoms with van der Waals surface area (Å²) in [5.74, 6) is 0.930. The number of hydrogen-bond donors (Lipinski definition) is 1. The van der Waals surface area contributed by atoms with E-state index in [1.54, 1.807) is 14.2 Å². The van der Waals surface area contributed by atoms with E-state index < -0.39 is 0 Å². The molecule has 0 aliphatic heterocycles. The van der Waals surface area contributed by atoms with Gasteiger partial charge in [-0.15, -0.1) is 0 Å². The predicted molar refractivity (Wildman–Crippen MR) is 66.7 cm³/mol. The molecule has 0 spiro atoms. The molecule has 0 amide bonds. The van der Waals surface area contributed by atoms with E-state index in [1.165, 1.54) is 25.7 Å². The van der Waals surface area contributed by atoms with E-state index in [4.69, 9.17) is 9.47 Å². The first-order valence-electron chi connectivity index (χ1n) is 6.41. The molecule has 0 radical (unpaired) electrons. The van der Waals surface area contributed by atoms with Crippen LogP contribution in [0.25, 0.3) is 0 Å². The second-order valence-electron chi connectivity index (χ2n) is 5.19. The van der Waals surface area contributed by atoms with E-state index in [2.05, 4.69) is 12.2 Å². The van der Waals surface area contributed by atoms with Crippen LogP contribution in [0.3, 0.4) is 0 Å². The maximum absolute atomic E-state index is 5.14. The summed E-state index contributed by atoms with van der Waals surface area (Å²) in [6.07, 6.45) is 5.27. The zero-order valence-corrected chi connectivity index (χ0v) is 11.1. The molecule has 1 atom stereocenters. The Morgan fingerprint density at radius 1 is 1.19 bits per heavy atom. The van der Waals surface area contributed by atoms with Crippen molar-refractivity contribution in [3.63, 3.8) is 0 Å². The maximum Gasteiger partial charge on any atom is 0.0587 e. The fraction of sp³-hybridized carbons (Fsp3) is 1.00. The Labute approximate surface area is 99.9 Å². The molecule has 1 fully saturated rings. The highest BCUT2D eigenvalue weighted by molar-refractivity contribution is 4.92. The van der Waals surface area contributed by atoms with Crippen LogP contribution < -0.4 is 5.32 Å². The van der Waals surface area contributed by atoms with Gasteiger partial charge in [-0.2, -0.15) is 0 Å². The lowest BCUT2D eigenvalue weighted by Gasteiger charge is -2.30. The van der Waals surface area contributed by atoms with E-state index in [0.29, 0.717) is 5.41 Å². The van der Waals surface area contributed by atoms with E-state index in [-0.39, 0.29) is 0 Å². The summed E-state index contributed by atoms with van der Waals surface area (Å²) in [4.78, 5) is 0. The number of rotatable bonds is 10. The van der Waals surface area contributed by atoms with Crippen molar-refractivity contribution in [1.82, 2.24) is 5.32 Å². The summed E-state index contributed by atoms with van der Waals surface area (Å²) in [6, 6.07) is 0. The van der Waals surface area contributed by atoms with E-state index in [9.17, 15) is 0 Å². The maximum atomic E-state index is 5.14. The quantitative estimate of drug-likeness (QED) is 0.582. The average Bonchev–Trinajstić information content (AvgIpc) is 3.09. The first-order valence-corrected chi connectivity index (χ1v) is 6.41. The van der Waals surface area contributed by atoms with Crippen LogP contribution in [0.5, 0.6) is 0 Å². The molecule has 16 heavy (non-hydrogen) atoms. The summed E-state index contributed by atoms with van der Waals surface area (Å²) in [5.41, 5.74) is 0.465. The van der Waals surface area contributed by atoms with E-state index in [0.717, 1.165) is 32.2 Å². The van der Waals surface area contributed by atoms with Crippen molar-refractivity contribution in [2.24, 2.45) is 11.3 Å². The first-order chi connectivity index (χ1) is 7.73. The van der Waals surface area contributed by atoms with Crippen molar-refractivity contribution in [2.45, 2.75) is 32.6 Å². The van der Waals surface area contributed by atoms with Crippen LogP contribution in [0.1, 0.15) is 32.6 Å². The summed E-state index contributed by atoms with van der Waals surface area (Å²) >= 11 is 0. The minimum atomic E-state index is 0.465. The monoisotopic (exact) mass is 229 g/mol. The second kappa shape index (κ2) is 7.25. The minimum absolute atomic E-state index is 0.465. The Morgan fingerprint density at radius 3 is 2.44 bits per heavy atom. The van der Waals surface area contributed by atoms with Crippen LogP contribution in [0.4, 0.5) is 0 Å². The molecule has 0 heterocycles. The average molecular weight is 229 g/mol. The molecule has 0 aromatic heterocycles. The Morgan fingerprint density at radius 2 is 1.88 bits per heavy atom. The molecule has 1 rings (SSSR count). The van der Waals surface area contributed by atoms with Gasteiger partial charge in [0.15, 0.2) is 0 Å². The minimum Gasteiger partial charge on any atom is -0.385 e. The van der Waals surface area contributed by atoms with Crippen molar-refractivity contribution in [1.29, 1.82) is 0 Å². The Hall–Kier alpha value is -0.120. The van der Waals surface area contributed by atoms with Crippen molar-refractivity contribution < 1.29 is 9.47 Å². The van der Waals surface area contributed by atoms with Gasteiger partial charge in [-0.25, -0.2) is 0 Å². The van der Waals surface area contributed by atoms with Gasteiger partial charge in [0.05, 0.1) is 6.61 Å². The van der Waals surface area contributed by atoms with Gasteiger partial charge < -0.3 is 14.8 Å². The Bertz CT molecular complexity index is 183. The molecule has 1 aliphatic carbocycles. The highest BCUT2D eigenvalue weighted by atomic mass is 16.5. The second-order valence-corrected chi connectivity index (χ2v) is 5.19. The van der Waals surface area contributed by atoms with E-state index in [1.807, 2.05) is 0 Å². The van der Waals surface area contributed by atoms with Crippen molar-refractivity contribution in [2.75, 3.05) is 40.5 Å². The van der Waals surface area contributed by atoms with Gasteiger partial charge in [-0.05, 0) is 37.0 Å². The van der Waals surface area contributed by atoms with Crippen LogP contribution >= 0.6 is 0 Å². The van der Waals surface area contributed by atoms with Crippen molar-refractivity contribution in [3.05, 3.63) is 0 Å². The third-order valence-electron chi connectivity index (χ3n) is 3.67. The molecule has 0 bridgehead atoms. The van der Waals surface area contributed by atoms with Crippen LogP contribution in [0.2, 0.25) is 0 Å². The largest absolute Gasteiger partial charge is 0.385 e. The number of hydrogen-bond acceptors (Lipinski definition) is 3. The highest BCUT2D eigenvalue weighted by Gasteiger charge is 2.40. The number of ether oxygens (including phenoxy) is 2. The molecule has 1 saturated carbocycles. The van der Waals surface area contributed by atoms with Crippen molar-refractivity contribution in [3.8, 4) is 0 Å². The summed E-state index contributed by atoms with van der Waals surface area (Å²) in [7, 11) is 3.53. The smallest absolute Gasteiger partial charge is 0.0587 e.